The fourth-order valence-corrected chi connectivity index (χ4v) is 1.58. The Morgan fingerprint density at radius 1 is 1.27 bits per heavy atom. The minimum absolute atomic E-state index is 0.00852. The van der Waals surface area contributed by atoms with E-state index in [1.165, 1.54) is 19.8 Å². The molecule has 0 aromatic heterocycles. The molecule has 1 fully saturated rings. The number of rotatable bonds is 1. The van der Waals surface area contributed by atoms with Gasteiger partial charge in [-0.05, 0) is 38.2 Å². The lowest BCUT2D eigenvalue weighted by atomic mass is 10.2. The van der Waals surface area contributed by atoms with Crippen molar-refractivity contribution in [2.24, 2.45) is 0 Å². The van der Waals surface area contributed by atoms with Crippen molar-refractivity contribution in [1.29, 1.82) is 0 Å². The minimum Gasteiger partial charge on any atom is -0.399 e. The maximum Gasteiger partial charge on any atom is 0.131 e. The molecule has 84 valence electrons. The van der Waals surface area contributed by atoms with Crippen molar-refractivity contribution >= 4 is 17.4 Å². The lowest BCUT2D eigenvalue weighted by molar-refractivity contribution is 0.569. The summed E-state index contributed by atoms with van der Waals surface area (Å²) >= 11 is 1.99. The molecule has 1 nitrogen and oxygen atoms in total. The number of nitrogens with two attached hydrogens (primary N) is 1. The van der Waals surface area contributed by atoms with E-state index in [2.05, 4.69) is 6.26 Å². The van der Waals surface area contributed by atoms with E-state index in [-0.39, 0.29) is 11.3 Å². The Hall–Kier alpha value is -0.770. The van der Waals surface area contributed by atoms with Crippen LogP contribution in [0.15, 0.2) is 12.1 Å². The average Bonchev–Trinajstić information content (AvgIpc) is 2.98. The van der Waals surface area contributed by atoms with E-state index in [0.717, 1.165) is 17.4 Å². The van der Waals surface area contributed by atoms with Crippen LogP contribution >= 0.6 is 11.8 Å². The topological polar surface area (TPSA) is 26.0 Å². The van der Waals surface area contributed by atoms with E-state index in [9.17, 15) is 8.78 Å². The molecule has 0 radical (unpaired) electrons. The second-order valence-electron chi connectivity index (χ2n) is 3.54. The first-order valence-electron chi connectivity index (χ1n) is 4.78. The van der Waals surface area contributed by atoms with Crippen LogP contribution in [0.4, 0.5) is 14.5 Å². The lowest BCUT2D eigenvalue weighted by Gasteiger charge is -1.98. The predicted molar refractivity (Wildman–Crippen MR) is 62.0 cm³/mol. The third kappa shape index (κ3) is 4.08. The van der Waals surface area contributed by atoms with Gasteiger partial charge in [0, 0.05) is 16.5 Å². The van der Waals surface area contributed by atoms with Gasteiger partial charge in [0.15, 0.2) is 0 Å². The molecule has 1 aromatic rings. The number of halogens is 2. The molecule has 2 rings (SSSR count). The fraction of sp³-hybridized carbons (Fsp3) is 0.455. The molecule has 1 saturated carbocycles. The van der Waals surface area contributed by atoms with Crippen LogP contribution in [0.5, 0.6) is 0 Å². The van der Waals surface area contributed by atoms with Crippen LogP contribution in [0.2, 0.25) is 0 Å². The molecule has 1 aromatic carbocycles. The van der Waals surface area contributed by atoms with Gasteiger partial charge >= 0.3 is 0 Å². The van der Waals surface area contributed by atoms with Crippen molar-refractivity contribution in [2.45, 2.75) is 25.0 Å². The SMILES string of the molecule is CSC1CC1.Cc1c(F)cc(N)cc1F. The minimum atomic E-state index is -0.600. The number of thioether (sulfide) groups is 1. The highest BCUT2D eigenvalue weighted by Crippen LogP contribution is 2.31. The van der Waals surface area contributed by atoms with Crippen LogP contribution < -0.4 is 5.73 Å². The van der Waals surface area contributed by atoms with Gasteiger partial charge in [0.2, 0.25) is 0 Å². The number of hydrogen-bond donors (Lipinski definition) is 1. The Labute approximate surface area is 93.1 Å². The molecule has 0 saturated heterocycles. The fourth-order valence-electron chi connectivity index (χ4n) is 0.969. The van der Waals surface area contributed by atoms with Gasteiger partial charge < -0.3 is 5.73 Å². The quantitative estimate of drug-likeness (QED) is 0.750. The van der Waals surface area contributed by atoms with E-state index in [0.29, 0.717) is 0 Å². The summed E-state index contributed by atoms with van der Waals surface area (Å²) in [5, 5.41) is 1.05. The molecule has 0 aliphatic heterocycles. The molecular formula is C11H15F2NS. The summed E-state index contributed by atoms with van der Waals surface area (Å²) in [5.74, 6) is -1.20. The van der Waals surface area contributed by atoms with E-state index < -0.39 is 11.6 Å². The first kappa shape index (κ1) is 12.3. The van der Waals surface area contributed by atoms with Crippen LogP contribution in [0.3, 0.4) is 0 Å². The van der Waals surface area contributed by atoms with Gasteiger partial charge in [0.25, 0.3) is 0 Å². The molecule has 1 aliphatic rings. The molecule has 0 heterocycles. The summed E-state index contributed by atoms with van der Waals surface area (Å²) in [6, 6.07) is 2.19. The van der Waals surface area contributed by atoms with Gasteiger partial charge in [-0.2, -0.15) is 11.8 Å². The van der Waals surface area contributed by atoms with Crippen molar-refractivity contribution in [2.75, 3.05) is 12.0 Å². The molecule has 0 spiro atoms. The monoisotopic (exact) mass is 231 g/mol. The molecule has 1 aliphatic carbocycles. The summed E-state index contributed by atoms with van der Waals surface area (Å²) in [7, 11) is 0. The van der Waals surface area contributed by atoms with E-state index in [1.807, 2.05) is 11.8 Å². The van der Waals surface area contributed by atoms with Crippen LogP contribution in [-0.4, -0.2) is 11.5 Å². The average molecular weight is 231 g/mol. The molecule has 4 heteroatoms. The van der Waals surface area contributed by atoms with Gasteiger partial charge in [0.1, 0.15) is 11.6 Å². The normalized spacial score (nSPS) is 14.4. The van der Waals surface area contributed by atoms with Crippen LogP contribution in [-0.2, 0) is 0 Å². The Kier molecular flexibility index (Phi) is 4.39. The Morgan fingerprint density at radius 3 is 2.00 bits per heavy atom. The maximum absolute atomic E-state index is 12.5. The standard InChI is InChI=1S/C7H7F2N.C4H8S/c1-4-6(8)2-5(10)3-7(4)9;1-5-4-2-3-4/h2-3H,10H2,1H3;4H,2-3H2,1H3. The van der Waals surface area contributed by atoms with Crippen molar-refractivity contribution in [3.05, 3.63) is 29.3 Å². The highest BCUT2D eigenvalue weighted by molar-refractivity contribution is 7.99. The van der Waals surface area contributed by atoms with Gasteiger partial charge in [0.05, 0.1) is 0 Å². The van der Waals surface area contributed by atoms with Crippen molar-refractivity contribution in [3.63, 3.8) is 0 Å². The number of hydrogen-bond acceptors (Lipinski definition) is 2. The third-order valence-electron chi connectivity index (χ3n) is 2.16. The van der Waals surface area contributed by atoms with E-state index >= 15 is 0 Å². The smallest absolute Gasteiger partial charge is 0.131 e. The molecule has 0 unspecified atom stereocenters. The second-order valence-corrected chi connectivity index (χ2v) is 4.68. The summed E-state index contributed by atoms with van der Waals surface area (Å²) in [6.45, 7) is 1.37. The third-order valence-corrected chi connectivity index (χ3v) is 3.30. The Bertz CT molecular complexity index is 314. The Morgan fingerprint density at radius 2 is 1.73 bits per heavy atom. The Balaban J connectivity index is 0.000000187. The second kappa shape index (κ2) is 5.35. The highest BCUT2D eigenvalue weighted by Gasteiger charge is 2.18. The first-order valence-corrected chi connectivity index (χ1v) is 6.07. The molecule has 0 amide bonds. The molecule has 0 atom stereocenters. The van der Waals surface area contributed by atoms with Crippen molar-refractivity contribution in [1.82, 2.24) is 0 Å². The summed E-state index contributed by atoms with van der Waals surface area (Å²) in [6.07, 6.45) is 5.12. The molecular weight excluding hydrogens is 216 g/mol. The molecule has 2 N–H and O–H groups in total. The van der Waals surface area contributed by atoms with Crippen LogP contribution in [0.1, 0.15) is 18.4 Å². The largest absolute Gasteiger partial charge is 0.399 e. The summed E-state index contributed by atoms with van der Waals surface area (Å²) in [5.41, 5.74) is 5.27. The predicted octanol–water partition coefficient (Wildman–Crippen LogP) is 3.37. The number of anilines is 1. The van der Waals surface area contributed by atoms with E-state index in [4.69, 9.17) is 5.73 Å². The summed E-state index contributed by atoms with van der Waals surface area (Å²) in [4.78, 5) is 0. The number of benzene rings is 1. The highest BCUT2D eigenvalue weighted by atomic mass is 32.2. The van der Waals surface area contributed by atoms with Crippen LogP contribution in [0, 0.1) is 18.6 Å². The van der Waals surface area contributed by atoms with Gasteiger partial charge in [-0.15, -0.1) is 0 Å². The lowest BCUT2D eigenvalue weighted by Crippen LogP contribution is -1.92. The first-order chi connectivity index (χ1) is 7.04. The molecule has 15 heavy (non-hydrogen) atoms. The van der Waals surface area contributed by atoms with Gasteiger partial charge in [-0.25, -0.2) is 8.78 Å². The zero-order valence-electron chi connectivity index (χ0n) is 8.89. The maximum atomic E-state index is 12.5. The molecule has 0 bridgehead atoms. The van der Waals surface area contributed by atoms with Gasteiger partial charge in [-0.1, -0.05) is 0 Å². The van der Waals surface area contributed by atoms with Crippen LogP contribution in [0.25, 0.3) is 0 Å². The zero-order chi connectivity index (χ0) is 11.4. The van der Waals surface area contributed by atoms with Crippen molar-refractivity contribution in [3.8, 4) is 0 Å². The summed E-state index contributed by atoms with van der Waals surface area (Å²) < 4.78 is 25.0. The van der Waals surface area contributed by atoms with E-state index in [1.54, 1.807) is 0 Å². The van der Waals surface area contributed by atoms with Crippen molar-refractivity contribution < 1.29 is 8.78 Å². The zero-order valence-corrected chi connectivity index (χ0v) is 9.70. The van der Waals surface area contributed by atoms with Gasteiger partial charge in [-0.3, -0.25) is 0 Å². The number of nitrogen functional groups attached to an aromatic ring is 1.